The summed E-state index contributed by atoms with van der Waals surface area (Å²) in [5.74, 6) is -0.0495. The summed E-state index contributed by atoms with van der Waals surface area (Å²) in [7, 11) is 0. The van der Waals surface area contributed by atoms with Crippen molar-refractivity contribution in [1.82, 2.24) is 15.5 Å². The first kappa shape index (κ1) is 17.1. The highest BCUT2D eigenvalue weighted by atomic mass is 16.2. The van der Waals surface area contributed by atoms with Crippen LogP contribution in [0.25, 0.3) is 0 Å². The summed E-state index contributed by atoms with van der Waals surface area (Å²) in [6.07, 6.45) is 7.30. The van der Waals surface area contributed by atoms with E-state index < -0.39 is 11.6 Å². The lowest BCUT2D eigenvalue weighted by Gasteiger charge is -2.23. The van der Waals surface area contributed by atoms with Crippen LogP contribution in [0.1, 0.15) is 49.7 Å². The minimum absolute atomic E-state index is 0.207. The maximum absolute atomic E-state index is 13.0. The van der Waals surface area contributed by atoms with Gasteiger partial charge in [0.1, 0.15) is 12.1 Å². The Kier molecular flexibility index (Phi) is 4.42. The normalized spacial score (nSPS) is 25.5. The number of aryl methyl sites for hydroxylation is 1. The van der Waals surface area contributed by atoms with Gasteiger partial charge in [-0.15, -0.1) is 0 Å². The van der Waals surface area contributed by atoms with Gasteiger partial charge in [-0.05, 0) is 42.7 Å². The lowest BCUT2D eigenvalue weighted by molar-refractivity contribution is -0.135. The second-order valence-corrected chi connectivity index (χ2v) is 7.69. The second kappa shape index (κ2) is 6.74. The van der Waals surface area contributed by atoms with Crippen LogP contribution in [-0.2, 0) is 21.5 Å². The first-order valence-corrected chi connectivity index (χ1v) is 9.59. The van der Waals surface area contributed by atoms with Crippen LogP contribution >= 0.6 is 0 Å². The standard InChI is InChI=1S/C20H25N3O3/c24-17(21-12-14-6-2-1-3-7-14)13-23-18(25)20(22-19(23)26)11-10-15-8-4-5-9-16(15)20/h4-5,8-9,14H,1-3,6-7,10-13H2,(H,21,24)(H,22,26). The van der Waals surface area contributed by atoms with Crippen molar-refractivity contribution < 1.29 is 14.4 Å². The summed E-state index contributed by atoms with van der Waals surface area (Å²) in [4.78, 5) is 38.8. The van der Waals surface area contributed by atoms with E-state index in [0.717, 1.165) is 35.3 Å². The largest absolute Gasteiger partial charge is 0.354 e. The first-order chi connectivity index (χ1) is 12.6. The van der Waals surface area contributed by atoms with Crippen LogP contribution in [0.4, 0.5) is 4.79 Å². The number of fused-ring (bicyclic) bond motifs is 2. The van der Waals surface area contributed by atoms with Gasteiger partial charge in [0, 0.05) is 6.54 Å². The SMILES string of the molecule is O=C(CN1C(=O)NC2(CCc3ccccc32)C1=O)NCC1CCCCC1. The molecule has 1 aromatic carbocycles. The highest BCUT2D eigenvalue weighted by Crippen LogP contribution is 2.41. The van der Waals surface area contributed by atoms with E-state index in [1.165, 1.54) is 19.3 Å². The molecule has 1 unspecified atom stereocenters. The number of nitrogens with zero attached hydrogens (tertiary/aromatic N) is 1. The number of nitrogens with one attached hydrogen (secondary N) is 2. The molecule has 1 aromatic rings. The minimum atomic E-state index is -0.989. The molecular formula is C20H25N3O3. The number of carbonyl (C=O) groups is 3. The van der Waals surface area contributed by atoms with Crippen molar-refractivity contribution in [2.24, 2.45) is 5.92 Å². The Bertz CT molecular complexity index is 742. The predicted molar refractivity (Wildman–Crippen MR) is 96.3 cm³/mol. The molecule has 0 bridgehead atoms. The smallest absolute Gasteiger partial charge is 0.325 e. The molecule has 1 saturated carbocycles. The maximum Gasteiger partial charge on any atom is 0.325 e. The molecule has 1 spiro atoms. The van der Waals surface area contributed by atoms with Gasteiger partial charge in [0.2, 0.25) is 5.91 Å². The van der Waals surface area contributed by atoms with Crippen LogP contribution in [0.3, 0.4) is 0 Å². The van der Waals surface area contributed by atoms with Crippen molar-refractivity contribution in [1.29, 1.82) is 0 Å². The number of hydrogen-bond donors (Lipinski definition) is 2. The number of rotatable bonds is 4. The van der Waals surface area contributed by atoms with E-state index in [0.29, 0.717) is 18.9 Å². The Hall–Kier alpha value is -2.37. The third-order valence-electron chi connectivity index (χ3n) is 6.04. The fraction of sp³-hybridized carbons (Fsp3) is 0.550. The molecule has 138 valence electrons. The molecular weight excluding hydrogens is 330 g/mol. The molecule has 1 heterocycles. The summed E-state index contributed by atoms with van der Waals surface area (Å²) >= 11 is 0. The van der Waals surface area contributed by atoms with E-state index in [2.05, 4.69) is 10.6 Å². The van der Waals surface area contributed by atoms with Gasteiger partial charge >= 0.3 is 6.03 Å². The molecule has 3 aliphatic rings. The highest BCUT2D eigenvalue weighted by Gasteiger charge is 2.55. The predicted octanol–water partition coefficient (Wildman–Crippen LogP) is 2.08. The monoisotopic (exact) mass is 355 g/mol. The summed E-state index contributed by atoms with van der Waals surface area (Å²) in [5, 5.41) is 5.76. The third-order valence-corrected chi connectivity index (χ3v) is 6.04. The molecule has 1 atom stereocenters. The zero-order valence-corrected chi connectivity index (χ0v) is 14.9. The molecule has 2 N–H and O–H groups in total. The van der Waals surface area contributed by atoms with Gasteiger partial charge in [-0.25, -0.2) is 4.79 Å². The van der Waals surface area contributed by atoms with Crippen LogP contribution in [0.5, 0.6) is 0 Å². The number of amides is 4. The molecule has 6 nitrogen and oxygen atoms in total. The fourth-order valence-corrected chi connectivity index (χ4v) is 4.58. The van der Waals surface area contributed by atoms with E-state index in [9.17, 15) is 14.4 Å². The summed E-state index contributed by atoms with van der Waals surface area (Å²) in [5.41, 5.74) is 0.963. The third kappa shape index (κ3) is 2.87. The van der Waals surface area contributed by atoms with Crippen LogP contribution in [0.2, 0.25) is 0 Å². The number of imide groups is 1. The van der Waals surface area contributed by atoms with Crippen LogP contribution in [0.15, 0.2) is 24.3 Å². The molecule has 0 radical (unpaired) electrons. The summed E-state index contributed by atoms with van der Waals surface area (Å²) < 4.78 is 0. The molecule has 1 saturated heterocycles. The van der Waals surface area contributed by atoms with Gasteiger partial charge in [-0.2, -0.15) is 0 Å². The molecule has 0 aromatic heterocycles. The van der Waals surface area contributed by atoms with Gasteiger partial charge in [-0.1, -0.05) is 43.5 Å². The zero-order valence-electron chi connectivity index (χ0n) is 14.9. The quantitative estimate of drug-likeness (QED) is 0.812. The first-order valence-electron chi connectivity index (χ1n) is 9.59. The Morgan fingerprint density at radius 3 is 2.77 bits per heavy atom. The van der Waals surface area contributed by atoms with Crippen LogP contribution in [0, 0.1) is 5.92 Å². The van der Waals surface area contributed by atoms with Crippen molar-refractivity contribution >= 4 is 17.8 Å². The lowest BCUT2D eigenvalue weighted by atomic mass is 9.89. The van der Waals surface area contributed by atoms with Crippen LogP contribution < -0.4 is 10.6 Å². The summed E-state index contributed by atoms with van der Waals surface area (Å²) in [6, 6.07) is 7.23. The average Bonchev–Trinajstić information content (AvgIpc) is 3.15. The molecule has 1 aliphatic heterocycles. The van der Waals surface area contributed by atoms with E-state index in [-0.39, 0.29) is 18.4 Å². The van der Waals surface area contributed by atoms with Crippen molar-refractivity contribution in [2.75, 3.05) is 13.1 Å². The average molecular weight is 355 g/mol. The molecule has 2 aliphatic carbocycles. The minimum Gasteiger partial charge on any atom is -0.354 e. The molecule has 26 heavy (non-hydrogen) atoms. The Morgan fingerprint density at radius 2 is 1.96 bits per heavy atom. The van der Waals surface area contributed by atoms with Gasteiger partial charge in [0.15, 0.2) is 0 Å². The van der Waals surface area contributed by atoms with Crippen molar-refractivity contribution in [3.63, 3.8) is 0 Å². The summed E-state index contributed by atoms with van der Waals surface area (Å²) in [6.45, 7) is 0.428. The van der Waals surface area contributed by atoms with E-state index in [4.69, 9.17) is 0 Å². The molecule has 4 amide bonds. The van der Waals surface area contributed by atoms with Crippen molar-refractivity contribution in [3.05, 3.63) is 35.4 Å². The van der Waals surface area contributed by atoms with E-state index >= 15 is 0 Å². The zero-order chi connectivity index (χ0) is 18.1. The number of carbonyl (C=O) groups excluding carboxylic acids is 3. The lowest BCUT2D eigenvalue weighted by Crippen LogP contribution is -2.44. The number of hydrogen-bond acceptors (Lipinski definition) is 3. The Morgan fingerprint density at radius 1 is 1.19 bits per heavy atom. The maximum atomic E-state index is 13.0. The fourth-order valence-electron chi connectivity index (χ4n) is 4.58. The van der Waals surface area contributed by atoms with Gasteiger partial charge in [0.25, 0.3) is 5.91 Å². The Labute approximate surface area is 153 Å². The molecule has 6 heteroatoms. The number of benzene rings is 1. The van der Waals surface area contributed by atoms with E-state index in [1.807, 2.05) is 24.3 Å². The van der Waals surface area contributed by atoms with Gasteiger partial charge in [-0.3, -0.25) is 14.5 Å². The highest BCUT2D eigenvalue weighted by molar-refractivity contribution is 6.09. The van der Waals surface area contributed by atoms with Crippen LogP contribution in [-0.4, -0.2) is 35.8 Å². The van der Waals surface area contributed by atoms with Crippen molar-refractivity contribution in [2.45, 2.75) is 50.5 Å². The van der Waals surface area contributed by atoms with Gasteiger partial charge < -0.3 is 10.6 Å². The second-order valence-electron chi connectivity index (χ2n) is 7.69. The van der Waals surface area contributed by atoms with E-state index in [1.54, 1.807) is 0 Å². The van der Waals surface area contributed by atoms with Gasteiger partial charge in [0.05, 0.1) is 0 Å². The molecule has 2 fully saturated rings. The topological polar surface area (TPSA) is 78.5 Å². The van der Waals surface area contributed by atoms with Crippen molar-refractivity contribution in [3.8, 4) is 0 Å². The Balaban J connectivity index is 1.41. The number of urea groups is 1. The molecule has 4 rings (SSSR count).